The molecule has 0 rings (SSSR count). The molecule has 0 saturated carbocycles. The van der Waals surface area contributed by atoms with E-state index in [0.717, 1.165) is 0 Å². The molecule has 0 unspecified atom stereocenters. The van der Waals surface area contributed by atoms with E-state index < -0.39 is 0 Å². The van der Waals surface area contributed by atoms with Crippen molar-refractivity contribution in [2.24, 2.45) is 0 Å². The average molecular weight is 592 g/mol. The molecule has 0 N–H and O–H groups in total. The molecule has 0 aliphatic heterocycles. The smallest absolute Gasteiger partial charge is 1.00 e. The van der Waals surface area contributed by atoms with Crippen LogP contribution in [0.1, 0.15) is 0 Å². The molecule has 0 aliphatic rings. The maximum atomic E-state index is 4.00. The van der Waals surface area contributed by atoms with Crippen LogP contribution in [-0.2, 0) is 0 Å². The predicted octanol–water partition coefficient (Wildman–Crippen LogP) is -5.01. The van der Waals surface area contributed by atoms with Gasteiger partial charge in [0.05, 0.1) is 0 Å². The van der Waals surface area contributed by atoms with Crippen LogP contribution in [0.5, 0.6) is 0 Å². The van der Waals surface area contributed by atoms with Crippen LogP contribution in [0.2, 0.25) is 0 Å². The first-order valence-corrected chi connectivity index (χ1v) is 0.667. The molecule has 0 radical (unpaired) electrons. The Balaban J connectivity index is -0.000000000500. The van der Waals surface area contributed by atoms with Gasteiger partial charge in [-0.1, -0.05) is 0 Å². The Morgan fingerprint density at radius 3 is 0.500 bits per heavy atom. The van der Waals surface area contributed by atoms with Crippen molar-refractivity contribution in [1.29, 1.82) is 0 Å². The van der Waals surface area contributed by atoms with Gasteiger partial charge in [-0.2, -0.15) is 0 Å². The predicted molar refractivity (Wildman–Crippen MR) is 78.2 cm³/mol. The Morgan fingerprint density at radius 2 is 0.500 bits per heavy atom. The first-order chi connectivity index (χ1) is 2.00. The topological polar surface area (TPSA) is 0 Å². The molecule has 12 heavy (non-hydrogen) atoms. The van der Waals surface area contributed by atoms with Crippen molar-refractivity contribution in [2.75, 3.05) is 0 Å². The molecule has 0 aliphatic carbocycles. The maximum Gasteiger partial charge on any atom is 2.00 e. The zero-order chi connectivity index (χ0) is 4.00. The number of hydrogen-bond donors (Lipinski definition) is 0. The average Bonchev–Trinajstić information content (AvgIpc) is 1.50. The Labute approximate surface area is 159 Å². The number of halogens is 6. The third-order valence-corrected chi connectivity index (χ3v) is 0. The SMILES string of the molecule is Br.Br.Br.Br.C#C.C#C.[Br-].[Br-].[Mg+2].[SiH4]. The van der Waals surface area contributed by atoms with Gasteiger partial charge in [0.2, 0.25) is 0 Å². The molecule has 0 heterocycles. The van der Waals surface area contributed by atoms with E-state index in [1.165, 1.54) is 0 Å². The minimum atomic E-state index is 0. The van der Waals surface area contributed by atoms with E-state index in [1.54, 1.807) is 0 Å². The van der Waals surface area contributed by atoms with Gasteiger partial charge in [-0.3, -0.25) is 0 Å². The van der Waals surface area contributed by atoms with Crippen molar-refractivity contribution in [3.63, 3.8) is 0 Å². The molecular weight excluding hydrogens is 580 g/mol. The summed E-state index contributed by atoms with van der Waals surface area (Å²) >= 11 is 0. The quantitative estimate of drug-likeness (QED) is 0.196. The number of terminal acetylenes is 2. The summed E-state index contributed by atoms with van der Waals surface area (Å²) in [6.45, 7) is 0. The van der Waals surface area contributed by atoms with Crippen LogP contribution in [0.3, 0.4) is 0 Å². The van der Waals surface area contributed by atoms with Gasteiger partial charge in [-0.05, 0) is 11.0 Å². The van der Waals surface area contributed by atoms with Gasteiger partial charge in [0.15, 0.2) is 0 Å². The summed E-state index contributed by atoms with van der Waals surface area (Å²) in [5.74, 6) is 0. The molecule has 0 fully saturated rings. The Hall–Kier alpha value is 2.98. The van der Waals surface area contributed by atoms with E-state index in [-0.39, 0.29) is 136 Å². The Morgan fingerprint density at radius 1 is 0.500 bits per heavy atom. The summed E-state index contributed by atoms with van der Waals surface area (Å²) in [6.07, 6.45) is 16.0. The van der Waals surface area contributed by atoms with Crippen molar-refractivity contribution < 1.29 is 34.0 Å². The van der Waals surface area contributed by atoms with E-state index in [4.69, 9.17) is 0 Å². The van der Waals surface area contributed by atoms with E-state index in [2.05, 4.69) is 25.7 Å². The molecule has 0 nitrogen and oxygen atoms in total. The number of hydrogen-bond acceptors (Lipinski definition) is 0. The third-order valence-electron chi connectivity index (χ3n) is 0. The normalized spacial score (nSPS) is 0.333. The third kappa shape index (κ3) is 209. The molecular formula is C4H12Br6MgSi. The van der Waals surface area contributed by atoms with Gasteiger partial charge < -0.3 is 34.0 Å². The van der Waals surface area contributed by atoms with Gasteiger partial charge in [-0.25, -0.2) is 0 Å². The van der Waals surface area contributed by atoms with Gasteiger partial charge in [0.1, 0.15) is 0 Å². The summed E-state index contributed by atoms with van der Waals surface area (Å²) in [7, 11) is 0. The van der Waals surface area contributed by atoms with Gasteiger partial charge in [-0.15, -0.1) is 93.6 Å². The van der Waals surface area contributed by atoms with Crippen molar-refractivity contribution >= 4 is 102 Å². The van der Waals surface area contributed by atoms with Crippen LogP contribution >= 0.6 is 67.9 Å². The van der Waals surface area contributed by atoms with Gasteiger partial charge in [0.25, 0.3) is 0 Å². The second-order valence-electron chi connectivity index (χ2n) is 0. The van der Waals surface area contributed by atoms with E-state index in [9.17, 15) is 0 Å². The summed E-state index contributed by atoms with van der Waals surface area (Å²) in [4.78, 5) is 0. The van der Waals surface area contributed by atoms with E-state index >= 15 is 0 Å². The molecule has 0 aromatic rings. The summed E-state index contributed by atoms with van der Waals surface area (Å²) in [6, 6.07) is 0. The minimum absolute atomic E-state index is 0. The van der Waals surface area contributed by atoms with Crippen molar-refractivity contribution in [1.82, 2.24) is 0 Å². The van der Waals surface area contributed by atoms with Crippen LogP contribution in [0.25, 0.3) is 0 Å². The number of rotatable bonds is 0. The largest absolute Gasteiger partial charge is 2.00 e. The van der Waals surface area contributed by atoms with Crippen LogP contribution < -0.4 is 34.0 Å². The summed E-state index contributed by atoms with van der Waals surface area (Å²) < 4.78 is 0. The second kappa shape index (κ2) is 265. The van der Waals surface area contributed by atoms with Crippen LogP contribution in [0.15, 0.2) is 0 Å². The molecule has 0 bridgehead atoms. The fraction of sp³-hybridized carbons (Fsp3) is 0. The molecule has 76 valence electrons. The monoisotopic (exact) mass is 586 g/mol. The first kappa shape index (κ1) is 118. The Kier molecular flexibility index (Phi) is 2600. The first-order valence-electron chi connectivity index (χ1n) is 0.667. The van der Waals surface area contributed by atoms with Crippen LogP contribution in [0, 0.1) is 25.7 Å². The van der Waals surface area contributed by atoms with Crippen molar-refractivity contribution in [3.05, 3.63) is 0 Å². The standard InChI is InChI=1S/2C2H2.6BrH.Mg.H4Si/c2*1-2;;;;;;;;/h2*1-2H;6*1H;;1H4/q;;;;;;;;+2;/p-2. The van der Waals surface area contributed by atoms with Gasteiger partial charge >= 0.3 is 23.1 Å². The van der Waals surface area contributed by atoms with Crippen molar-refractivity contribution in [2.45, 2.75) is 0 Å². The van der Waals surface area contributed by atoms with E-state index in [0.29, 0.717) is 0 Å². The molecule has 0 aromatic carbocycles. The Bertz CT molecular complexity index is 35.0. The molecule has 8 heteroatoms. The zero-order valence-corrected chi connectivity index (χ0v) is 16.8. The van der Waals surface area contributed by atoms with E-state index in [1.807, 2.05) is 0 Å². The van der Waals surface area contributed by atoms with Gasteiger partial charge in [0, 0.05) is 0 Å². The fourth-order valence-corrected chi connectivity index (χ4v) is 0. The van der Waals surface area contributed by atoms with Crippen LogP contribution in [-0.4, -0.2) is 34.0 Å². The molecule has 0 aromatic heterocycles. The minimum Gasteiger partial charge on any atom is -1.00 e. The maximum absolute atomic E-state index is 4.00. The second-order valence-corrected chi connectivity index (χ2v) is 0. The molecule has 0 spiro atoms. The molecule has 0 atom stereocenters. The summed E-state index contributed by atoms with van der Waals surface area (Å²) in [5, 5.41) is 0. The zero-order valence-electron chi connectivity index (χ0n) is 5.41. The summed E-state index contributed by atoms with van der Waals surface area (Å²) in [5.41, 5.74) is 0. The molecule has 0 saturated heterocycles. The van der Waals surface area contributed by atoms with Crippen molar-refractivity contribution in [3.8, 4) is 25.7 Å². The molecule has 0 amide bonds. The fourth-order valence-electron chi connectivity index (χ4n) is 0. The van der Waals surface area contributed by atoms with Crippen LogP contribution in [0.4, 0.5) is 0 Å².